The summed E-state index contributed by atoms with van der Waals surface area (Å²) >= 11 is 7.44. The van der Waals surface area contributed by atoms with Crippen molar-refractivity contribution in [2.75, 3.05) is 7.11 Å². The molecule has 0 aliphatic carbocycles. The normalized spacial score (nSPS) is 14.2. The van der Waals surface area contributed by atoms with Crippen molar-refractivity contribution in [2.24, 2.45) is 5.84 Å². The highest BCUT2D eigenvalue weighted by Gasteiger charge is 2.28. The van der Waals surface area contributed by atoms with E-state index in [9.17, 15) is 0 Å². The SMILES string of the molecule is COC(C)(C)C(Cc1ccc(Cl)s1)NN. The van der Waals surface area contributed by atoms with Gasteiger partial charge >= 0.3 is 0 Å². The van der Waals surface area contributed by atoms with E-state index in [0.717, 1.165) is 10.8 Å². The summed E-state index contributed by atoms with van der Waals surface area (Å²) in [5, 5.41) is 0. The van der Waals surface area contributed by atoms with Crippen molar-refractivity contribution in [1.82, 2.24) is 5.43 Å². The highest BCUT2D eigenvalue weighted by molar-refractivity contribution is 7.16. The molecule has 1 aromatic rings. The number of ether oxygens (including phenoxy) is 1. The maximum Gasteiger partial charge on any atom is 0.0931 e. The Balaban J connectivity index is 2.69. The van der Waals surface area contributed by atoms with Crippen LogP contribution in [0, 0.1) is 0 Å². The lowest BCUT2D eigenvalue weighted by atomic mass is 9.95. The first kappa shape index (κ1) is 12.9. The van der Waals surface area contributed by atoms with E-state index in [2.05, 4.69) is 5.43 Å². The number of halogens is 1. The van der Waals surface area contributed by atoms with Crippen LogP contribution in [0.15, 0.2) is 12.1 Å². The molecule has 1 rings (SSSR count). The Bertz CT molecular complexity index is 314. The van der Waals surface area contributed by atoms with Crippen molar-refractivity contribution >= 4 is 22.9 Å². The summed E-state index contributed by atoms with van der Waals surface area (Å²) < 4.78 is 6.20. The van der Waals surface area contributed by atoms with Gasteiger partial charge in [0.1, 0.15) is 0 Å². The van der Waals surface area contributed by atoms with Gasteiger partial charge in [-0.3, -0.25) is 11.3 Å². The van der Waals surface area contributed by atoms with Crippen LogP contribution >= 0.6 is 22.9 Å². The summed E-state index contributed by atoms with van der Waals surface area (Å²) in [6.45, 7) is 4.01. The van der Waals surface area contributed by atoms with Gasteiger partial charge in [-0.25, -0.2) is 0 Å². The van der Waals surface area contributed by atoms with Crippen molar-refractivity contribution in [3.8, 4) is 0 Å². The van der Waals surface area contributed by atoms with Crippen LogP contribution in [0.1, 0.15) is 18.7 Å². The van der Waals surface area contributed by atoms with Gasteiger partial charge in [-0.15, -0.1) is 11.3 Å². The molecule has 0 aliphatic heterocycles. The third-order valence-corrected chi connectivity index (χ3v) is 3.85. The molecule has 15 heavy (non-hydrogen) atoms. The Morgan fingerprint density at radius 3 is 2.67 bits per heavy atom. The summed E-state index contributed by atoms with van der Waals surface area (Å²) in [4.78, 5) is 1.20. The standard InChI is InChI=1S/C10H17ClN2OS/c1-10(2,14-3)8(13-12)6-7-4-5-9(11)15-7/h4-5,8,13H,6,12H2,1-3H3. The number of hydrogen-bond acceptors (Lipinski definition) is 4. The number of thiophene rings is 1. The average Bonchev–Trinajstić information content (AvgIpc) is 2.60. The Hall–Kier alpha value is -0.130. The molecule has 0 aliphatic rings. The van der Waals surface area contributed by atoms with Crippen LogP contribution in [0.5, 0.6) is 0 Å². The molecule has 0 radical (unpaired) electrons. The Morgan fingerprint density at radius 1 is 1.60 bits per heavy atom. The number of hydrazine groups is 1. The molecule has 0 saturated carbocycles. The molecule has 0 bridgehead atoms. The monoisotopic (exact) mass is 248 g/mol. The minimum Gasteiger partial charge on any atom is -0.377 e. The zero-order valence-corrected chi connectivity index (χ0v) is 10.8. The molecule has 86 valence electrons. The molecule has 0 saturated heterocycles. The van der Waals surface area contributed by atoms with Crippen LogP contribution in [0.25, 0.3) is 0 Å². The Morgan fingerprint density at radius 2 is 2.27 bits per heavy atom. The van der Waals surface area contributed by atoms with Crippen molar-refractivity contribution < 1.29 is 4.74 Å². The lowest BCUT2D eigenvalue weighted by molar-refractivity contribution is -0.00985. The van der Waals surface area contributed by atoms with Crippen LogP contribution in [0.2, 0.25) is 4.34 Å². The van der Waals surface area contributed by atoms with E-state index in [1.165, 1.54) is 4.88 Å². The third-order valence-electron chi connectivity index (χ3n) is 2.60. The fourth-order valence-electron chi connectivity index (χ4n) is 1.31. The molecule has 5 heteroatoms. The summed E-state index contributed by atoms with van der Waals surface area (Å²) in [5.41, 5.74) is 2.49. The quantitative estimate of drug-likeness (QED) is 0.621. The fraction of sp³-hybridized carbons (Fsp3) is 0.600. The molecule has 0 aromatic carbocycles. The first-order valence-electron chi connectivity index (χ1n) is 4.75. The number of nitrogens with one attached hydrogen (secondary N) is 1. The van der Waals surface area contributed by atoms with Gasteiger partial charge in [0.25, 0.3) is 0 Å². The van der Waals surface area contributed by atoms with Crippen LogP contribution in [-0.4, -0.2) is 18.8 Å². The summed E-state index contributed by atoms with van der Waals surface area (Å²) in [7, 11) is 1.69. The highest BCUT2D eigenvalue weighted by atomic mass is 35.5. The number of methoxy groups -OCH3 is 1. The second kappa shape index (κ2) is 5.27. The van der Waals surface area contributed by atoms with Crippen molar-refractivity contribution in [1.29, 1.82) is 0 Å². The van der Waals surface area contributed by atoms with Crippen LogP contribution < -0.4 is 11.3 Å². The lowest BCUT2D eigenvalue weighted by Gasteiger charge is -2.32. The Labute approximate surface area is 99.5 Å². The first-order valence-corrected chi connectivity index (χ1v) is 5.94. The first-order chi connectivity index (χ1) is 6.99. The van der Waals surface area contributed by atoms with Crippen molar-refractivity contribution in [3.05, 3.63) is 21.3 Å². The second-order valence-electron chi connectivity index (χ2n) is 3.94. The van der Waals surface area contributed by atoms with Crippen LogP contribution in [0.3, 0.4) is 0 Å². The minimum absolute atomic E-state index is 0.0669. The van der Waals surface area contributed by atoms with E-state index >= 15 is 0 Å². The molecule has 1 unspecified atom stereocenters. The minimum atomic E-state index is -0.300. The van der Waals surface area contributed by atoms with E-state index < -0.39 is 0 Å². The molecule has 0 spiro atoms. The average molecular weight is 249 g/mol. The Kier molecular flexibility index (Phi) is 4.55. The largest absolute Gasteiger partial charge is 0.377 e. The maximum atomic E-state index is 5.87. The predicted octanol–water partition coefficient (Wildman–Crippen LogP) is 2.20. The van der Waals surface area contributed by atoms with E-state index in [1.54, 1.807) is 18.4 Å². The van der Waals surface area contributed by atoms with E-state index in [4.69, 9.17) is 22.2 Å². The highest BCUT2D eigenvalue weighted by Crippen LogP contribution is 2.25. The molecule has 3 nitrogen and oxygen atoms in total. The van der Waals surface area contributed by atoms with Gasteiger partial charge in [0.05, 0.1) is 16.0 Å². The van der Waals surface area contributed by atoms with Crippen LogP contribution in [-0.2, 0) is 11.2 Å². The molecule has 0 amide bonds. The third kappa shape index (κ3) is 3.43. The smallest absolute Gasteiger partial charge is 0.0931 e. The predicted molar refractivity (Wildman–Crippen MR) is 65.2 cm³/mol. The van der Waals surface area contributed by atoms with Gasteiger partial charge < -0.3 is 4.74 Å². The van der Waals surface area contributed by atoms with E-state index in [1.807, 2.05) is 26.0 Å². The molecule has 0 fully saturated rings. The zero-order chi connectivity index (χ0) is 11.5. The molecule has 3 N–H and O–H groups in total. The molecular weight excluding hydrogens is 232 g/mol. The zero-order valence-electron chi connectivity index (χ0n) is 9.21. The van der Waals surface area contributed by atoms with Gasteiger partial charge in [0, 0.05) is 18.4 Å². The van der Waals surface area contributed by atoms with Gasteiger partial charge in [-0.1, -0.05) is 11.6 Å². The van der Waals surface area contributed by atoms with Crippen LogP contribution in [0.4, 0.5) is 0 Å². The van der Waals surface area contributed by atoms with Gasteiger partial charge in [0.15, 0.2) is 0 Å². The number of hydrogen-bond donors (Lipinski definition) is 2. The fourth-order valence-corrected chi connectivity index (χ4v) is 2.44. The second-order valence-corrected chi connectivity index (χ2v) is 5.74. The summed E-state index contributed by atoms with van der Waals surface area (Å²) in [6.07, 6.45) is 0.814. The number of rotatable bonds is 5. The topological polar surface area (TPSA) is 47.3 Å². The molecule has 1 heterocycles. The van der Waals surface area contributed by atoms with Gasteiger partial charge in [-0.05, 0) is 26.0 Å². The number of nitrogens with two attached hydrogens (primary N) is 1. The summed E-state index contributed by atoms with van der Waals surface area (Å²) in [5.74, 6) is 5.53. The van der Waals surface area contributed by atoms with Gasteiger partial charge in [0.2, 0.25) is 0 Å². The van der Waals surface area contributed by atoms with Crippen molar-refractivity contribution in [3.63, 3.8) is 0 Å². The lowest BCUT2D eigenvalue weighted by Crippen LogP contribution is -2.52. The molecule has 1 atom stereocenters. The molecule has 1 aromatic heterocycles. The van der Waals surface area contributed by atoms with E-state index in [0.29, 0.717) is 0 Å². The maximum absolute atomic E-state index is 5.87. The van der Waals surface area contributed by atoms with E-state index in [-0.39, 0.29) is 11.6 Å². The summed E-state index contributed by atoms with van der Waals surface area (Å²) in [6, 6.07) is 3.98. The molecular formula is C10H17ClN2OS. The van der Waals surface area contributed by atoms with Crippen molar-refractivity contribution in [2.45, 2.75) is 31.9 Å². The van der Waals surface area contributed by atoms with Gasteiger partial charge in [-0.2, -0.15) is 0 Å².